The van der Waals surface area contributed by atoms with Gasteiger partial charge in [0.25, 0.3) is 0 Å². The van der Waals surface area contributed by atoms with Crippen molar-refractivity contribution in [1.29, 1.82) is 0 Å². The van der Waals surface area contributed by atoms with Crippen molar-refractivity contribution in [3.05, 3.63) is 29.6 Å². The van der Waals surface area contributed by atoms with Gasteiger partial charge in [-0.3, -0.25) is 9.78 Å². The molecule has 0 spiro atoms. The smallest absolute Gasteiger partial charge is 0.338 e. The van der Waals surface area contributed by atoms with Crippen molar-refractivity contribution >= 4 is 11.9 Å². The topological polar surface area (TPSA) is 91.5 Å². The van der Waals surface area contributed by atoms with Gasteiger partial charge < -0.3 is 15.2 Å². The fourth-order valence-electron chi connectivity index (χ4n) is 1.37. The summed E-state index contributed by atoms with van der Waals surface area (Å²) in [5, 5.41) is 0. The van der Waals surface area contributed by atoms with E-state index < -0.39 is 18.0 Å². The molecule has 0 amide bonds. The van der Waals surface area contributed by atoms with Gasteiger partial charge in [-0.05, 0) is 11.6 Å². The van der Waals surface area contributed by atoms with Gasteiger partial charge in [0.2, 0.25) is 0 Å². The standard InChI is InChI=1S/C11H14N2O4/c1-16-10(14)8-3-4-13-6-7(8)5-9(12)11(15)17-2/h3-4,6,9H,5,12H2,1-2H3/t9-/m1/s1. The molecule has 6 heteroatoms. The van der Waals surface area contributed by atoms with Gasteiger partial charge >= 0.3 is 11.9 Å². The van der Waals surface area contributed by atoms with Crippen LogP contribution in [0.3, 0.4) is 0 Å². The van der Waals surface area contributed by atoms with Crippen LogP contribution in [0, 0.1) is 0 Å². The summed E-state index contributed by atoms with van der Waals surface area (Å²) in [6, 6.07) is 0.693. The predicted molar refractivity (Wildman–Crippen MR) is 59.3 cm³/mol. The van der Waals surface area contributed by atoms with E-state index in [4.69, 9.17) is 5.73 Å². The Kier molecular flexibility index (Phi) is 4.59. The lowest BCUT2D eigenvalue weighted by Crippen LogP contribution is -2.34. The molecule has 0 aromatic carbocycles. The maximum atomic E-state index is 11.4. The monoisotopic (exact) mass is 238 g/mol. The Morgan fingerprint density at radius 3 is 2.71 bits per heavy atom. The highest BCUT2D eigenvalue weighted by atomic mass is 16.5. The number of carbonyl (C=O) groups is 2. The van der Waals surface area contributed by atoms with E-state index in [1.54, 1.807) is 0 Å². The van der Waals surface area contributed by atoms with Crippen molar-refractivity contribution in [2.45, 2.75) is 12.5 Å². The van der Waals surface area contributed by atoms with Crippen molar-refractivity contribution in [3.63, 3.8) is 0 Å². The number of esters is 2. The van der Waals surface area contributed by atoms with Gasteiger partial charge in [0.15, 0.2) is 0 Å². The Labute approximate surface area is 98.7 Å². The van der Waals surface area contributed by atoms with Crippen LogP contribution in [0.5, 0.6) is 0 Å². The number of rotatable bonds is 4. The van der Waals surface area contributed by atoms with Crippen LogP contribution in [0.25, 0.3) is 0 Å². The minimum absolute atomic E-state index is 0.172. The number of hydrogen-bond acceptors (Lipinski definition) is 6. The normalized spacial score (nSPS) is 11.7. The van der Waals surface area contributed by atoms with Crippen molar-refractivity contribution in [2.75, 3.05) is 14.2 Å². The van der Waals surface area contributed by atoms with Crippen molar-refractivity contribution in [3.8, 4) is 0 Å². The third-order valence-corrected chi connectivity index (χ3v) is 2.25. The molecule has 0 bridgehead atoms. The molecule has 0 aliphatic carbocycles. The van der Waals surface area contributed by atoms with Crippen LogP contribution in [0.1, 0.15) is 15.9 Å². The number of nitrogens with two attached hydrogens (primary N) is 1. The van der Waals surface area contributed by atoms with Crippen molar-refractivity contribution in [2.24, 2.45) is 5.73 Å². The van der Waals surface area contributed by atoms with Crippen LogP contribution < -0.4 is 5.73 Å². The van der Waals surface area contributed by atoms with Gasteiger partial charge in [-0.2, -0.15) is 0 Å². The molecule has 0 fully saturated rings. The Morgan fingerprint density at radius 1 is 1.41 bits per heavy atom. The number of pyridine rings is 1. The van der Waals surface area contributed by atoms with Gasteiger partial charge in [0.05, 0.1) is 19.8 Å². The molecule has 1 atom stereocenters. The average Bonchev–Trinajstić information content (AvgIpc) is 2.37. The maximum Gasteiger partial charge on any atom is 0.338 e. The highest BCUT2D eigenvalue weighted by Crippen LogP contribution is 2.10. The third-order valence-electron chi connectivity index (χ3n) is 2.25. The van der Waals surface area contributed by atoms with Gasteiger partial charge in [-0.15, -0.1) is 0 Å². The van der Waals surface area contributed by atoms with E-state index in [0.29, 0.717) is 11.1 Å². The molecule has 17 heavy (non-hydrogen) atoms. The van der Waals surface area contributed by atoms with Gasteiger partial charge in [-0.1, -0.05) is 0 Å². The number of methoxy groups -OCH3 is 2. The first-order valence-corrected chi connectivity index (χ1v) is 4.94. The van der Waals surface area contributed by atoms with E-state index in [2.05, 4.69) is 14.5 Å². The quantitative estimate of drug-likeness (QED) is 0.737. The molecule has 92 valence electrons. The van der Waals surface area contributed by atoms with E-state index in [9.17, 15) is 9.59 Å². The Hall–Kier alpha value is -1.95. The summed E-state index contributed by atoms with van der Waals surface area (Å²) in [6.45, 7) is 0. The SMILES string of the molecule is COC(=O)c1ccncc1C[C@@H](N)C(=O)OC. The summed E-state index contributed by atoms with van der Waals surface area (Å²) in [5.41, 5.74) is 6.52. The average molecular weight is 238 g/mol. The first-order valence-electron chi connectivity index (χ1n) is 4.94. The van der Waals surface area contributed by atoms with Gasteiger partial charge in [0.1, 0.15) is 6.04 Å². The minimum Gasteiger partial charge on any atom is -0.468 e. The van der Waals surface area contributed by atoms with E-state index >= 15 is 0 Å². The summed E-state index contributed by atoms with van der Waals surface area (Å²) in [5.74, 6) is -1.02. The van der Waals surface area contributed by atoms with Crippen molar-refractivity contribution < 1.29 is 19.1 Å². The molecule has 0 unspecified atom stereocenters. The van der Waals surface area contributed by atoms with Crippen molar-refractivity contribution in [1.82, 2.24) is 4.98 Å². The summed E-state index contributed by atoms with van der Waals surface area (Å²) in [6.07, 6.45) is 3.12. The summed E-state index contributed by atoms with van der Waals surface area (Å²) < 4.78 is 9.13. The Balaban J connectivity index is 2.91. The number of hydrogen-bond donors (Lipinski definition) is 1. The highest BCUT2D eigenvalue weighted by molar-refractivity contribution is 5.91. The second-order valence-electron chi connectivity index (χ2n) is 3.36. The zero-order chi connectivity index (χ0) is 12.8. The van der Waals surface area contributed by atoms with E-state index in [1.165, 1.54) is 32.7 Å². The molecule has 1 aromatic rings. The number of nitrogens with zero attached hydrogens (tertiary/aromatic N) is 1. The zero-order valence-corrected chi connectivity index (χ0v) is 9.67. The number of carbonyl (C=O) groups excluding carboxylic acids is 2. The Morgan fingerprint density at radius 2 is 2.12 bits per heavy atom. The first kappa shape index (κ1) is 13.1. The van der Waals surface area contributed by atoms with Gasteiger partial charge in [-0.25, -0.2) is 4.79 Å². The lowest BCUT2D eigenvalue weighted by atomic mass is 10.0. The van der Waals surface area contributed by atoms with Crippen LogP contribution in [-0.2, 0) is 20.7 Å². The summed E-state index contributed by atoms with van der Waals surface area (Å²) >= 11 is 0. The summed E-state index contributed by atoms with van der Waals surface area (Å²) in [7, 11) is 2.54. The molecule has 0 radical (unpaired) electrons. The number of ether oxygens (including phenoxy) is 2. The molecule has 1 heterocycles. The molecular formula is C11H14N2O4. The fourth-order valence-corrected chi connectivity index (χ4v) is 1.37. The minimum atomic E-state index is -0.826. The largest absolute Gasteiger partial charge is 0.468 e. The van der Waals surface area contributed by atoms with E-state index in [0.717, 1.165) is 0 Å². The molecule has 0 aliphatic rings. The fraction of sp³-hybridized carbons (Fsp3) is 0.364. The third kappa shape index (κ3) is 3.25. The highest BCUT2D eigenvalue weighted by Gasteiger charge is 2.19. The molecule has 0 aliphatic heterocycles. The second kappa shape index (κ2) is 5.95. The summed E-state index contributed by atoms with van der Waals surface area (Å²) in [4.78, 5) is 26.5. The van der Waals surface area contributed by atoms with Gasteiger partial charge in [0, 0.05) is 18.8 Å². The van der Waals surface area contributed by atoms with Crippen LogP contribution in [-0.4, -0.2) is 37.2 Å². The lowest BCUT2D eigenvalue weighted by molar-refractivity contribution is -0.142. The van der Waals surface area contributed by atoms with E-state index in [1.807, 2.05) is 0 Å². The molecule has 0 saturated heterocycles. The molecular weight excluding hydrogens is 224 g/mol. The second-order valence-corrected chi connectivity index (χ2v) is 3.36. The zero-order valence-electron chi connectivity index (χ0n) is 9.67. The van der Waals surface area contributed by atoms with Crippen LogP contribution in [0.15, 0.2) is 18.5 Å². The van der Waals surface area contributed by atoms with E-state index in [-0.39, 0.29) is 6.42 Å². The van der Waals surface area contributed by atoms with Crippen LogP contribution in [0.4, 0.5) is 0 Å². The van der Waals surface area contributed by atoms with Crippen LogP contribution in [0.2, 0.25) is 0 Å². The molecule has 0 saturated carbocycles. The maximum absolute atomic E-state index is 11.4. The molecule has 1 aromatic heterocycles. The number of aromatic nitrogens is 1. The van der Waals surface area contributed by atoms with Crippen LogP contribution >= 0.6 is 0 Å². The predicted octanol–water partition coefficient (Wildman–Crippen LogP) is -0.0890. The molecule has 1 rings (SSSR count). The molecule has 6 nitrogen and oxygen atoms in total. The first-order chi connectivity index (χ1) is 8.10. The lowest BCUT2D eigenvalue weighted by Gasteiger charge is -2.11. The molecule has 2 N–H and O–H groups in total. The Bertz CT molecular complexity index is 420.